The lowest BCUT2D eigenvalue weighted by molar-refractivity contribution is 0.218. The summed E-state index contributed by atoms with van der Waals surface area (Å²) in [5.41, 5.74) is -0.326. The molecule has 0 radical (unpaired) electrons. The second-order valence-electron chi connectivity index (χ2n) is 3.42. The van der Waals surface area contributed by atoms with Crippen LogP contribution in [0.15, 0.2) is 17.0 Å². The van der Waals surface area contributed by atoms with Crippen molar-refractivity contribution >= 4 is 21.7 Å². The van der Waals surface area contributed by atoms with Gasteiger partial charge in [0.2, 0.25) is 0 Å². The van der Waals surface area contributed by atoms with E-state index in [-0.39, 0.29) is 12.1 Å². The van der Waals surface area contributed by atoms with Crippen molar-refractivity contribution in [3.05, 3.63) is 17.0 Å². The third kappa shape index (κ3) is 2.92. The lowest BCUT2D eigenvalue weighted by Gasteiger charge is -2.27. The Morgan fingerprint density at radius 3 is 2.79 bits per heavy atom. The Hall–Kier alpha value is -0.680. The van der Waals surface area contributed by atoms with E-state index in [9.17, 15) is 5.11 Å². The highest BCUT2D eigenvalue weighted by Crippen LogP contribution is 2.17. The summed E-state index contributed by atoms with van der Waals surface area (Å²) in [6.07, 6.45) is 2.30. The first-order valence-electron chi connectivity index (χ1n) is 4.46. The number of nitrogens with zero attached hydrogens (tertiary/aromatic N) is 2. The van der Waals surface area contributed by atoms with E-state index in [0.717, 1.165) is 11.0 Å². The van der Waals surface area contributed by atoms with Gasteiger partial charge in [0, 0.05) is 6.07 Å². The second kappa shape index (κ2) is 4.70. The van der Waals surface area contributed by atoms with Crippen LogP contribution < -0.4 is 5.32 Å². The van der Waals surface area contributed by atoms with Gasteiger partial charge in [-0.3, -0.25) is 0 Å². The largest absolute Gasteiger partial charge is 0.394 e. The van der Waals surface area contributed by atoms with Gasteiger partial charge < -0.3 is 10.4 Å². The molecule has 1 heterocycles. The fourth-order valence-electron chi connectivity index (χ4n) is 0.951. The van der Waals surface area contributed by atoms with Crippen molar-refractivity contribution in [1.29, 1.82) is 0 Å². The van der Waals surface area contributed by atoms with Crippen LogP contribution in [-0.4, -0.2) is 27.2 Å². The number of hydrogen-bond donors (Lipinski definition) is 2. The van der Waals surface area contributed by atoms with Gasteiger partial charge in [-0.05, 0) is 29.3 Å². The topological polar surface area (TPSA) is 58.0 Å². The van der Waals surface area contributed by atoms with Gasteiger partial charge in [0.15, 0.2) is 0 Å². The molecular formula is C9H14BrN3O. The molecule has 0 bridgehead atoms. The number of anilines is 1. The highest BCUT2D eigenvalue weighted by molar-refractivity contribution is 9.10. The number of rotatable bonds is 4. The lowest BCUT2D eigenvalue weighted by atomic mass is 10.0. The van der Waals surface area contributed by atoms with E-state index in [2.05, 4.69) is 31.2 Å². The zero-order valence-electron chi connectivity index (χ0n) is 8.29. The van der Waals surface area contributed by atoms with Gasteiger partial charge in [0.25, 0.3) is 0 Å². The van der Waals surface area contributed by atoms with E-state index in [1.165, 1.54) is 6.33 Å². The first kappa shape index (κ1) is 11.4. The van der Waals surface area contributed by atoms with Crippen LogP contribution in [0.1, 0.15) is 20.3 Å². The van der Waals surface area contributed by atoms with Gasteiger partial charge in [-0.25, -0.2) is 9.97 Å². The molecular weight excluding hydrogens is 246 g/mol. The van der Waals surface area contributed by atoms with Crippen molar-refractivity contribution < 1.29 is 5.11 Å². The smallest absolute Gasteiger partial charge is 0.130 e. The minimum Gasteiger partial charge on any atom is -0.394 e. The van der Waals surface area contributed by atoms with E-state index in [1.54, 1.807) is 6.07 Å². The van der Waals surface area contributed by atoms with Crippen LogP contribution in [-0.2, 0) is 0 Å². The number of aliphatic hydroxyl groups excluding tert-OH is 1. The molecule has 0 aliphatic heterocycles. The highest BCUT2D eigenvalue weighted by atomic mass is 79.9. The van der Waals surface area contributed by atoms with Gasteiger partial charge >= 0.3 is 0 Å². The van der Waals surface area contributed by atoms with Gasteiger partial charge in [-0.15, -0.1) is 0 Å². The maximum Gasteiger partial charge on any atom is 0.130 e. The Kier molecular flexibility index (Phi) is 3.83. The number of halogens is 1. The summed E-state index contributed by atoms with van der Waals surface area (Å²) < 4.78 is 0.728. The van der Waals surface area contributed by atoms with Gasteiger partial charge in [0.05, 0.1) is 12.1 Å². The van der Waals surface area contributed by atoms with E-state index in [1.807, 2.05) is 13.8 Å². The monoisotopic (exact) mass is 259 g/mol. The van der Waals surface area contributed by atoms with E-state index in [4.69, 9.17) is 0 Å². The average Bonchev–Trinajstić information content (AvgIpc) is 2.18. The number of hydrogen-bond acceptors (Lipinski definition) is 4. The predicted octanol–water partition coefficient (Wildman–Crippen LogP) is 1.81. The zero-order chi connectivity index (χ0) is 10.6. The van der Waals surface area contributed by atoms with Crippen molar-refractivity contribution in [2.45, 2.75) is 25.8 Å². The Morgan fingerprint density at radius 1 is 1.57 bits per heavy atom. The molecule has 0 aliphatic carbocycles. The molecule has 1 aromatic rings. The molecule has 0 spiro atoms. The van der Waals surface area contributed by atoms with Crippen LogP contribution in [0.4, 0.5) is 5.82 Å². The molecule has 0 amide bonds. The Balaban J connectivity index is 2.77. The summed E-state index contributed by atoms with van der Waals surface area (Å²) in [6, 6.07) is 1.78. The van der Waals surface area contributed by atoms with Crippen molar-refractivity contribution in [3.63, 3.8) is 0 Å². The SMILES string of the molecule is CCC(C)(CO)Nc1cc(Br)ncn1. The Labute approximate surface area is 91.9 Å². The molecule has 0 aliphatic rings. The van der Waals surface area contributed by atoms with Crippen LogP contribution in [0.2, 0.25) is 0 Å². The van der Waals surface area contributed by atoms with Gasteiger partial charge in [-0.2, -0.15) is 0 Å². The van der Waals surface area contributed by atoms with E-state index >= 15 is 0 Å². The molecule has 4 nitrogen and oxygen atoms in total. The van der Waals surface area contributed by atoms with Crippen LogP contribution in [0.25, 0.3) is 0 Å². The molecule has 0 saturated heterocycles. The molecule has 1 atom stereocenters. The maximum absolute atomic E-state index is 9.20. The quantitative estimate of drug-likeness (QED) is 0.810. The standard InChI is InChI=1S/C9H14BrN3O/c1-3-9(2,5-14)13-8-4-7(10)11-6-12-8/h4,6,14H,3,5H2,1-2H3,(H,11,12,13). The van der Waals surface area contributed by atoms with Gasteiger partial charge in [-0.1, -0.05) is 6.92 Å². The molecule has 1 aromatic heterocycles. The average molecular weight is 260 g/mol. The molecule has 2 N–H and O–H groups in total. The first-order chi connectivity index (χ1) is 6.59. The Bertz CT molecular complexity index is 302. The summed E-state index contributed by atoms with van der Waals surface area (Å²) >= 11 is 3.26. The molecule has 14 heavy (non-hydrogen) atoms. The summed E-state index contributed by atoms with van der Waals surface area (Å²) in [5, 5.41) is 12.4. The molecule has 78 valence electrons. The molecule has 0 fully saturated rings. The normalized spacial score (nSPS) is 14.9. The predicted molar refractivity (Wildman–Crippen MR) is 59.1 cm³/mol. The second-order valence-corrected chi connectivity index (χ2v) is 4.24. The summed E-state index contributed by atoms with van der Waals surface area (Å²) in [7, 11) is 0. The number of aliphatic hydroxyl groups is 1. The van der Waals surface area contributed by atoms with Crippen LogP contribution in [0.5, 0.6) is 0 Å². The lowest BCUT2D eigenvalue weighted by Crippen LogP contribution is -2.38. The number of aromatic nitrogens is 2. The van der Waals surface area contributed by atoms with Crippen LogP contribution in [0.3, 0.4) is 0 Å². The van der Waals surface area contributed by atoms with Gasteiger partial charge in [0.1, 0.15) is 16.7 Å². The Morgan fingerprint density at radius 2 is 2.29 bits per heavy atom. The zero-order valence-corrected chi connectivity index (χ0v) is 9.87. The van der Waals surface area contributed by atoms with Crippen molar-refractivity contribution in [2.24, 2.45) is 0 Å². The molecule has 0 aromatic carbocycles. The number of nitrogens with one attached hydrogen (secondary N) is 1. The minimum atomic E-state index is -0.326. The van der Waals surface area contributed by atoms with Crippen molar-refractivity contribution in [3.8, 4) is 0 Å². The molecule has 5 heteroatoms. The molecule has 0 saturated carbocycles. The first-order valence-corrected chi connectivity index (χ1v) is 5.25. The highest BCUT2D eigenvalue weighted by Gasteiger charge is 2.20. The fourth-order valence-corrected chi connectivity index (χ4v) is 1.26. The fraction of sp³-hybridized carbons (Fsp3) is 0.556. The van der Waals surface area contributed by atoms with Crippen molar-refractivity contribution in [2.75, 3.05) is 11.9 Å². The summed E-state index contributed by atoms with van der Waals surface area (Å²) in [4.78, 5) is 7.98. The summed E-state index contributed by atoms with van der Waals surface area (Å²) in [5.74, 6) is 0.713. The maximum atomic E-state index is 9.20. The van der Waals surface area contributed by atoms with E-state index < -0.39 is 0 Å². The van der Waals surface area contributed by atoms with E-state index in [0.29, 0.717) is 5.82 Å². The minimum absolute atomic E-state index is 0.0745. The van der Waals surface area contributed by atoms with Crippen LogP contribution >= 0.6 is 15.9 Å². The van der Waals surface area contributed by atoms with Crippen LogP contribution in [0, 0.1) is 0 Å². The molecule has 1 rings (SSSR count). The third-order valence-corrected chi connectivity index (χ3v) is 2.63. The summed E-state index contributed by atoms with van der Waals surface area (Å²) in [6.45, 7) is 4.04. The molecule has 1 unspecified atom stereocenters. The van der Waals surface area contributed by atoms with Crippen molar-refractivity contribution in [1.82, 2.24) is 9.97 Å². The third-order valence-electron chi connectivity index (χ3n) is 2.19.